The number of hydrogen-bond acceptors (Lipinski definition) is 3. The molecule has 2 rings (SSSR count). The molecule has 0 aliphatic heterocycles. The SMILES string of the molecule is CC(C)(CO)c1ccc(-c2ccc(C=O)o2)cc1. The first-order valence-electron chi connectivity index (χ1n) is 5.83. The van der Waals surface area contributed by atoms with Gasteiger partial charge in [0.25, 0.3) is 0 Å². The van der Waals surface area contributed by atoms with Gasteiger partial charge in [0.15, 0.2) is 12.0 Å². The van der Waals surface area contributed by atoms with Gasteiger partial charge < -0.3 is 9.52 Å². The molecule has 3 nitrogen and oxygen atoms in total. The maximum absolute atomic E-state index is 10.6. The number of aliphatic hydroxyl groups excluding tert-OH is 1. The van der Waals surface area contributed by atoms with Gasteiger partial charge in [-0.25, -0.2) is 0 Å². The molecule has 0 unspecified atom stereocenters. The Balaban J connectivity index is 2.30. The van der Waals surface area contributed by atoms with Crippen LogP contribution in [0.1, 0.15) is 30.0 Å². The number of carbonyl (C=O) groups is 1. The van der Waals surface area contributed by atoms with E-state index in [0.717, 1.165) is 11.1 Å². The number of benzene rings is 1. The van der Waals surface area contributed by atoms with Crippen molar-refractivity contribution in [3.8, 4) is 11.3 Å². The molecule has 3 heteroatoms. The lowest BCUT2D eigenvalue weighted by atomic mass is 9.85. The molecule has 1 aromatic carbocycles. The third-order valence-electron chi connectivity index (χ3n) is 3.09. The summed E-state index contributed by atoms with van der Waals surface area (Å²) in [6.45, 7) is 4.07. The van der Waals surface area contributed by atoms with Crippen molar-refractivity contribution in [1.82, 2.24) is 0 Å². The number of furan rings is 1. The summed E-state index contributed by atoms with van der Waals surface area (Å²) in [5.74, 6) is 0.996. The van der Waals surface area contributed by atoms with Gasteiger partial charge in [0, 0.05) is 11.0 Å². The van der Waals surface area contributed by atoms with Crippen LogP contribution < -0.4 is 0 Å². The van der Waals surface area contributed by atoms with Gasteiger partial charge in [-0.15, -0.1) is 0 Å². The van der Waals surface area contributed by atoms with E-state index in [0.29, 0.717) is 17.8 Å². The number of aliphatic hydroxyl groups is 1. The Bertz CT molecular complexity index is 535. The molecule has 0 atom stereocenters. The molecule has 0 bridgehead atoms. The van der Waals surface area contributed by atoms with E-state index >= 15 is 0 Å². The molecule has 0 amide bonds. The van der Waals surface area contributed by atoms with E-state index in [9.17, 15) is 9.90 Å². The molecular formula is C15H16O3. The molecule has 1 heterocycles. The van der Waals surface area contributed by atoms with Crippen molar-refractivity contribution in [2.24, 2.45) is 0 Å². The number of carbonyl (C=O) groups excluding carboxylic acids is 1. The first-order valence-corrected chi connectivity index (χ1v) is 5.83. The van der Waals surface area contributed by atoms with Gasteiger partial charge >= 0.3 is 0 Å². The minimum atomic E-state index is -0.254. The second-order valence-corrected chi connectivity index (χ2v) is 4.94. The largest absolute Gasteiger partial charge is 0.453 e. The quantitative estimate of drug-likeness (QED) is 0.841. The molecule has 2 aromatic rings. The van der Waals surface area contributed by atoms with Gasteiger partial charge in [-0.1, -0.05) is 38.1 Å². The second kappa shape index (κ2) is 4.78. The standard InChI is InChI=1S/C15H16O3/c1-15(2,10-17)12-5-3-11(4-6-12)14-8-7-13(9-16)18-14/h3-9,17H,10H2,1-2H3. The highest BCUT2D eigenvalue weighted by atomic mass is 16.3. The minimum Gasteiger partial charge on any atom is -0.453 e. The minimum absolute atomic E-state index is 0.0996. The molecule has 0 radical (unpaired) electrons. The number of hydrogen-bond donors (Lipinski definition) is 1. The van der Waals surface area contributed by atoms with Crippen LogP contribution in [0.15, 0.2) is 40.8 Å². The third-order valence-corrected chi connectivity index (χ3v) is 3.09. The molecule has 1 N–H and O–H groups in total. The zero-order valence-corrected chi connectivity index (χ0v) is 10.5. The van der Waals surface area contributed by atoms with Crippen molar-refractivity contribution < 1.29 is 14.3 Å². The summed E-state index contributed by atoms with van der Waals surface area (Å²) in [5, 5.41) is 9.31. The Morgan fingerprint density at radius 3 is 2.33 bits per heavy atom. The highest BCUT2D eigenvalue weighted by Gasteiger charge is 2.19. The Morgan fingerprint density at radius 1 is 1.17 bits per heavy atom. The van der Waals surface area contributed by atoms with E-state index in [1.54, 1.807) is 12.1 Å². The fraction of sp³-hybridized carbons (Fsp3) is 0.267. The van der Waals surface area contributed by atoms with Crippen molar-refractivity contribution in [1.29, 1.82) is 0 Å². The van der Waals surface area contributed by atoms with E-state index < -0.39 is 0 Å². The van der Waals surface area contributed by atoms with Crippen LogP contribution in [0.4, 0.5) is 0 Å². The Morgan fingerprint density at radius 2 is 1.83 bits per heavy atom. The van der Waals surface area contributed by atoms with Gasteiger partial charge in [0.2, 0.25) is 0 Å². The fourth-order valence-corrected chi connectivity index (χ4v) is 1.75. The maximum atomic E-state index is 10.6. The average molecular weight is 244 g/mol. The first kappa shape index (κ1) is 12.6. The van der Waals surface area contributed by atoms with Crippen molar-refractivity contribution >= 4 is 6.29 Å². The molecule has 0 saturated heterocycles. The van der Waals surface area contributed by atoms with Crippen LogP contribution in [0.25, 0.3) is 11.3 Å². The van der Waals surface area contributed by atoms with E-state index in [4.69, 9.17) is 4.42 Å². The Kier molecular flexibility index (Phi) is 3.34. The summed E-state index contributed by atoms with van der Waals surface area (Å²) in [4.78, 5) is 10.6. The topological polar surface area (TPSA) is 50.4 Å². The number of aldehydes is 1. The Labute approximate surface area is 106 Å². The predicted molar refractivity (Wildman–Crippen MR) is 69.6 cm³/mol. The van der Waals surface area contributed by atoms with Gasteiger partial charge in [0.05, 0.1) is 6.61 Å². The highest BCUT2D eigenvalue weighted by Crippen LogP contribution is 2.27. The second-order valence-electron chi connectivity index (χ2n) is 4.94. The molecule has 0 spiro atoms. The maximum Gasteiger partial charge on any atom is 0.185 e. The van der Waals surface area contributed by atoms with Gasteiger partial charge in [0.1, 0.15) is 5.76 Å². The van der Waals surface area contributed by atoms with Crippen molar-refractivity contribution in [2.45, 2.75) is 19.3 Å². The summed E-state index contributed by atoms with van der Waals surface area (Å²) < 4.78 is 5.35. The normalized spacial score (nSPS) is 11.5. The van der Waals surface area contributed by atoms with E-state index in [1.165, 1.54) is 0 Å². The number of rotatable bonds is 4. The lowest BCUT2D eigenvalue weighted by Gasteiger charge is -2.22. The van der Waals surface area contributed by atoms with Gasteiger partial charge in [-0.2, -0.15) is 0 Å². The van der Waals surface area contributed by atoms with Crippen molar-refractivity contribution in [2.75, 3.05) is 6.61 Å². The van der Waals surface area contributed by atoms with Gasteiger partial charge in [-0.05, 0) is 17.7 Å². The van der Waals surface area contributed by atoms with E-state index in [-0.39, 0.29) is 12.0 Å². The van der Waals surface area contributed by atoms with Crippen molar-refractivity contribution in [3.63, 3.8) is 0 Å². The Hall–Kier alpha value is -1.87. The molecule has 0 saturated carbocycles. The van der Waals surface area contributed by atoms with E-state index in [2.05, 4.69) is 0 Å². The first-order chi connectivity index (χ1) is 8.56. The molecule has 0 aliphatic rings. The lowest BCUT2D eigenvalue weighted by molar-refractivity contribution is 0.110. The van der Waals surface area contributed by atoms with Crippen LogP contribution in [0.2, 0.25) is 0 Å². The van der Waals surface area contributed by atoms with Crippen LogP contribution in [0, 0.1) is 0 Å². The van der Waals surface area contributed by atoms with Crippen LogP contribution in [-0.2, 0) is 5.41 Å². The summed E-state index contributed by atoms with van der Waals surface area (Å²) in [6.07, 6.45) is 0.687. The van der Waals surface area contributed by atoms with Crippen LogP contribution >= 0.6 is 0 Å². The summed E-state index contributed by atoms with van der Waals surface area (Å²) in [6, 6.07) is 11.2. The fourth-order valence-electron chi connectivity index (χ4n) is 1.75. The van der Waals surface area contributed by atoms with Crippen molar-refractivity contribution in [3.05, 3.63) is 47.7 Å². The molecule has 1 aromatic heterocycles. The van der Waals surface area contributed by atoms with Crippen LogP contribution in [0.3, 0.4) is 0 Å². The molecule has 94 valence electrons. The summed E-state index contributed by atoms with van der Waals surface area (Å²) >= 11 is 0. The lowest BCUT2D eigenvalue weighted by Crippen LogP contribution is -2.21. The zero-order chi connectivity index (χ0) is 13.2. The smallest absolute Gasteiger partial charge is 0.185 e. The van der Waals surface area contributed by atoms with Crippen LogP contribution in [0.5, 0.6) is 0 Å². The van der Waals surface area contributed by atoms with Crippen LogP contribution in [-0.4, -0.2) is 18.0 Å². The van der Waals surface area contributed by atoms with Gasteiger partial charge in [-0.3, -0.25) is 4.79 Å². The highest BCUT2D eigenvalue weighted by molar-refractivity contribution is 5.72. The molecule has 18 heavy (non-hydrogen) atoms. The molecule has 0 fully saturated rings. The average Bonchev–Trinajstić information content (AvgIpc) is 2.87. The van der Waals surface area contributed by atoms with E-state index in [1.807, 2.05) is 38.1 Å². The zero-order valence-electron chi connectivity index (χ0n) is 10.5. The third kappa shape index (κ3) is 2.36. The summed E-state index contributed by atoms with van der Waals surface area (Å²) in [7, 11) is 0. The predicted octanol–water partition coefficient (Wildman–Crippen LogP) is 3.03. The molecule has 0 aliphatic carbocycles. The monoisotopic (exact) mass is 244 g/mol. The molecular weight excluding hydrogens is 228 g/mol. The summed E-state index contributed by atoms with van der Waals surface area (Å²) in [5.41, 5.74) is 1.73.